The largest absolute Gasteiger partial charge is 0.485 e. The van der Waals surface area contributed by atoms with Crippen LogP contribution in [0, 0.1) is 5.82 Å². The number of anilines is 1. The van der Waals surface area contributed by atoms with Crippen molar-refractivity contribution in [3.63, 3.8) is 0 Å². The zero-order valence-electron chi connectivity index (χ0n) is 9.03. The second-order valence-corrected chi connectivity index (χ2v) is 4.19. The monoisotopic (exact) mass is 225 g/mol. The summed E-state index contributed by atoms with van der Waals surface area (Å²) in [5, 5.41) is 9.73. The summed E-state index contributed by atoms with van der Waals surface area (Å²) in [6.07, 6.45) is 2.82. The molecule has 0 spiro atoms. The number of hydrogen-bond donors (Lipinski definition) is 2. The fraction of sp³-hybridized carbons (Fsp3) is 0.500. The van der Waals surface area contributed by atoms with Crippen LogP contribution in [0.1, 0.15) is 25.7 Å². The summed E-state index contributed by atoms with van der Waals surface area (Å²) in [5.74, 6) is -0.0551. The van der Waals surface area contributed by atoms with Crippen LogP contribution in [0.2, 0.25) is 0 Å². The van der Waals surface area contributed by atoms with Crippen LogP contribution in [-0.2, 0) is 0 Å². The van der Waals surface area contributed by atoms with E-state index in [0.717, 1.165) is 25.7 Å². The van der Waals surface area contributed by atoms with Crippen LogP contribution in [0.3, 0.4) is 0 Å². The molecule has 16 heavy (non-hydrogen) atoms. The molecule has 0 unspecified atom stereocenters. The summed E-state index contributed by atoms with van der Waals surface area (Å²) in [7, 11) is 0. The van der Waals surface area contributed by atoms with Crippen molar-refractivity contribution in [3.8, 4) is 5.75 Å². The van der Waals surface area contributed by atoms with Gasteiger partial charge in [-0.3, -0.25) is 0 Å². The highest BCUT2D eigenvalue weighted by molar-refractivity contribution is 5.52. The molecule has 0 bridgehead atoms. The minimum atomic E-state index is -0.476. The second kappa shape index (κ2) is 4.70. The lowest BCUT2D eigenvalue weighted by Crippen LogP contribution is -2.34. The zero-order valence-corrected chi connectivity index (χ0v) is 9.03. The second-order valence-electron chi connectivity index (χ2n) is 4.19. The van der Waals surface area contributed by atoms with Gasteiger partial charge in [0.2, 0.25) is 0 Å². The van der Waals surface area contributed by atoms with Crippen molar-refractivity contribution >= 4 is 5.69 Å². The summed E-state index contributed by atoms with van der Waals surface area (Å²) in [6.45, 7) is 0. The number of ether oxygens (including phenoxy) is 1. The summed E-state index contributed by atoms with van der Waals surface area (Å²) in [5.41, 5.74) is 6.08. The molecule has 3 nitrogen and oxygen atoms in total. The number of halogens is 1. The molecule has 4 heteroatoms. The van der Waals surface area contributed by atoms with Crippen molar-refractivity contribution in [3.05, 3.63) is 24.0 Å². The van der Waals surface area contributed by atoms with Gasteiger partial charge >= 0.3 is 0 Å². The Kier molecular flexibility index (Phi) is 3.29. The van der Waals surface area contributed by atoms with Gasteiger partial charge in [-0.25, -0.2) is 4.39 Å². The molecule has 0 aliphatic heterocycles. The molecule has 1 aliphatic carbocycles. The standard InChI is InChI=1S/C12H16FNO2/c13-8-5-6-9(14)12(7-8)16-11-4-2-1-3-10(11)15/h5-7,10-11,15H,1-4,14H2/t10-,11-/m0/s1. The molecule has 1 aliphatic rings. The maximum Gasteiger partial charge on any atom is 0.145 e. The molecule has 0 amide bonds. The average Bonchev–Trinajstić information content (AvgIpc) is 2.27. The minimum Gasteiger partial charge on any atom is -0.485 e. The minimum absolute atomic E-state index is 0.266. The molecule has 3 N–H and O–H groups in total. The fourth-order valence-electron chi connectivity index (χ4n) is 1.99. The predicted molar refractivity (Wildman–Crippen MR) is 59.7 cm³/mol. The van der Waals surface area contributed by atoms with Crippen molar-refractivity contribution in [1.82, 2.24) is 0 Å². The van der Waals surface area contributed by atoms with E-state index < -0.39 is 6.10 Å². The number of nitrogen functional groups attached to an aromatic ring is 1. The van der Waals surface area contributed by atoms with Crippen molar-refractivity contribution in [1.29, 1.82) is 0 Å². The van der Waals surface area contributed by atoms with Gasteiger partial charge in [0.15, 0.2) is 0 Å². The Balaban J connectivity index is 2.10. The summed E-state index contributed by atoms with van der Waals surface area (Å²) in [6, 6.07) is 4.02. The maximum atomic E-state index is 13.0. The summed E-state index contributed by atoms with van der Waals surface area (Å²) < 4.78 is 18.6. The van der Waals surface area contributed by atoms with E-state index >= 15 is 0 Å². The van der Waals surface area contributed by atoms with E-state index in [1.54, 1.807) is 0 Å². The fourth-order valence-corrected chi connectivity index (χ4v) is 1.99. The van der Waals surface area contributed by atoms with Gasteiger partial charge in [-0.05, 0) is 31.4 Å². The van der Waals surface area contributed by atoms with Crippen molar-refractivity contribution < 1.29 is 14.2 Å². The first kappa shape index (κ1) is 11.2. The van der Waals surface area contributed by atoms with Crippen molar-refractivity contribution in [2.45, 2.75) is 37.9 Å². The van der Waals surface area contributed by atoms with Crippen molar-refractivity contribution in [2.75, 3.05) is 5.73 Å². The van der Waals surface area contributed by atoms with Crippen LogP contribution in [0.5, 0.6) is 5.75 Å². The molecule has 0 heterocycles. The topological polar surface area (TPSA) is 55.5 Å². The van der Waals surface area contributed by atoms with Gasteiger partial charge in [-0.15, -0.1) is 0 Å². The molecule has 1 fully saturated rings. The first-order valence-corrected chi connectivity index (χ1v) is 5.56. The Bertz CT molecular complexity index is 370. The number of aliphatic hydroxyl groups is 1. The van der Waals surface area contributed by atoms with Crippen LogP contribution in [0.25, 0.3) is 0 Å². The predicted octanol–water partition coefficient (Wildman–Crippen LogP) is 2.09. The van der Waals surface area contributed by atoms with Crippen LogP contribution in [0.15, 0.2) is 18.2 Å². The summed E-state index contributed by atoms with van der Waals surface area (Å²) >= 11 is 0. The molecular weight excluding hydrogens is 209 g/mol. The van der Waals surface area contributed by atoms with Crippen LogP contribution < -0.4 is 10.5 Å². The maximum absolute atomic E-state index is 13.0. The number of hydrogen-bond acceptors (Lipinski definition) is 3. The molecule has 1 saturated carbocycles. The van der Waals surface area contributed by atoms with Crippen LogP contribution in [-0.4, -0.2) is 17.3 Å². The van der Waals surface area contributed by atoms with Crippen LogP contribution in [0.4, 0.5) is 10.1 Å². The number of aliphatic hydroxyl groups excluding tert-OH is 1. The van der Waals surface area contributed by atoms with Gasteiger partial charge in [0, 0.05) is 6.07 Å². The lowest BCUT2D eigenvalue weighted by molar-refractivity contribution is 0.00714. The molecule has 2 atom stereocenters. The number of benzene rings is 1. The molecular formula is C12H16FNO2. The average molecular weight is 225 g/mol. The Morgan fingerprint density at radius 2 is 2.06 bits per heavy atom. The van der Waals surface area contributed by atoms with E-state index in [-0.39, 0.29) is 11.9 Å². The number of nitrogens with two attached hydrogens (primary N) is 1. The van der Waals surface area contributed by atoms with Gasteiger partial charge in [0.05, 0.1) is 11.8 Å². The Morgan fingerprint density at radius 3 is 2.81 bits per heavy atom. The van der Waals surface area contributed by atoms with E-state index in [9.17, 15) is 9.50 Å². The highest BCUT2D eigenvalue weighted by Gasteiger charge is 2.25. The van der Waals surface area contributed by atoms with E-state index in [2.05, 4.69) is 0 Å². The van der Waals surface area contributed by atoms with Gasteiger partial charge in [-0.1, -0.05) is 6.42 Å². The Morgan fingerprint density at radius 1 is 1.31 bits per heavy atom. The lowest BCUT2D eigenvalue weighted by atomic mass is 9.95. The molecule has 0 radical (unpaired) electrons. The van der Waals surface area contributed by atoms with Crippen LogP contribution >= 0.6 is 0 Å². The molecule has 1 aromatic rings. The molecule has 0 aromatic heterocycles. The molecule has 2 rings (SSSR count). The number of rotatable bonds is 2. The molecule has 0 saturated heterocycles. The molecule has 88 valence electrons. The highest BCUT2D eigenvalue weighted by atomic mass is 19.1. The quantitative estimate of drug-likeness (QED) is 0.758. The van der Waals surface area contributed by atoms with E-state index in [1.165, 1.54) is 18.2 Å². The SMILES string of the molecule is Nc1ccc(F)cc1O[C@H]1CCCC[C@@H]1O. The molecule has 1 aromatic carbocycles. The lowest BCUT2D eigenvalue weighted by Gasteiger charge is -2.28. The van der Waals surface area contributed by atoms with Gasteiger partial charge in [0.1, 0.15) is 17.7 Å². The van der Waals surface area contributed by atoms with Crippen molar-refractivity contribution in [2.24, 2.45) is 0 Å². The van der Waals surface area contributed by atoms with Gasteiger partial charge in [0.25, 0.3) is 0 Å². The highest BCUT2D eigenvalue weighted by Crippen LogP contribution is 2.28. The smallest absolute Gasteiger partial charge is 0.145 e. The summed E-state index contributed by atoms with van der Waals surface area (Å²) in [4.78, 5) is 0. The third-order valence-corrected chi connectivity index (χ3v) is 2.92. The first-order chi connectivity index (χ1) is 7.66. The third-order valence-electron chi connectivity index (χ3n) is 2.92. The first-order valence-electron chi connectivity index (χ1n) is 5.56. The van der Waals surface area contributed by atoms with E-state index in [0.29, 0.717) is 11.4 Å². The third kappa shape index (κ3) is 2.44. The Labute approximate surface area is 94.0 Å². The zero-order chi connectivity index (χ0) is 11.5. The van der Waals surface area contributed by atoms with E-state index in [4.69, 9.17) is 10.5 Å². The van der Waals surface area contributed by atoms with Gasteiger partial charge in [-0.2, -0.15) is 0 Å². The Hall–Kier alpha value is -1.29. The van der Waals surface area contributed by atoms with Gasteiger partial charge < -0.3 is 15.6 Å². The normalized spacial score (nSPS) is 25.4. The van der Waals surface area contributed by atoms with E-state index in [1.807, 2.05) is 0 Å².